The van der Waals surface area contributed by atoms with Crippen LogP contribution in [0.1, 0.15) is 31.4 Å². The average molecular weight is 286 g/mol. The van der Waals surface area contributed by atoms with Crippen molar-refractivity contribution in [3.63, 3.8) is 0 Å². The van der Waals surface area contributed by atoms with E-state index in [0.717, 1.165) is 23.9 Å². The van der Waals surface area contributed by atoms with E-state index in [0.29, 0.717) is 18.7 Å². The third-order valence-corrected chi connectivity index (χ3v) is 3.86. The Bertz CT molecular complexity index is 734. The van der Waals surface area contributed by atoms with Crippen LogP contribution in [-0.2, 0) is 4.79 Å². The first-order valence-corrected chi connectivity index (χ1v) is 6.95. The van der Waals surface area contributed by atoms with Crippen LogP contribution >= 0.6 is 0 Å². The van der Waals surface area contributed by atoms with Crippen molar-refractivity contribution in [1.82, 2.24) is 10.1 Å². The van der Waals surface area contributed by atoms with Crippen molar-refractivity contribution in [1.29, 1.82) is 0 Å². The van der Waals surface area contributed by atoms with E-state index in [2.05, 4.69) is 17.0 Å². The van der Waals surface area contributed by atoms with Gasteiger partial charge in [0.15, 0.2) is 5.58 Å². The van der Waals surface area contributed by atoms with Crippen molar-refractivity contribution in [2.45, 2.75) is 25.7 Å². The maximum absolute atomic E-state index is 13.2. The zero-order chi connectivity index (χ0) is 14.8. The fraction of sp³-hybridized carbons (Fsp3) is 0.375. The fourth-order valence-corrected chi connectivity index (χ4v) is 2.77. The lowest BCUT2D eigenvalue weighted by Crippen LogP contribution is -2.37. The molecule has 2 heterocycles. The molecule has 4 nitrogen and oxygen atoms in total. The molecule has 108 valence electrons. The van der Waals surface area contributed by atoms with Gasteiger partial charge in [0.05, 0.1) is 5.69 Å². The van der Waals surface area contributed by atoms with Crippen molar-refractivity contribution < 1.29 is 13.7 Å². The Morgan fingerprint density at radius 2 is 2.19 bits per heavy atom. The summed E-state index contributed by atoms with van der Waals surface area (Å²) in [4.78, 5) is 13.5. The summed E-state index contributed by atoms with van der Waals surface area (Å²) in [6.07, 6.45) is 1.63. The molecule has 3 rings (SSSR count). The number of hydrogen-bond donors (Lipinski definition) is 0. The molecule has 2 aromatic rings. The number of carbonyl (C=O) groups is 1. The Balaban J connectivity index is 1.76. The molecule has 0 atom stereocenters. The molecule has 1 aliphatic heterocycles. The second-order valence-corrected chi connectivity index (χ2v) is 5.15. The molecule has 1 saturated heterocycles. The van der Waals surface area contributed by atoms with Crippen LogP contribution in [0.5, 0.6) is 0 Å². The zero-order valence-corrected chi connectivity index (χ0v) is 11.7. The minimum atomic E-state index is -0.330. The number of hydrogen-bond acceptors (Lipinski definition) is 3. The van der Waals surface area contributed by atoms with Crippen LogP contribution in [0, 0.1) is 17.7 Å². The third kappa shape index (κ3) is 2.62. The first-order chi connectivity index (χ1) is 10.2. The zero-order valence-electron chi connectivity index (χ0n) is 11.7. The van der Waals surface area contributed by atoms with Crippen molar-refractivity contribution in [3.05, 3.63) is 29.7 Å². The van der Waals surface area contributed by atoms with Crippen molar-refractivity contribution in [2.75, 3.05) is 13.1 Å². The third-order valence-electron chi connectivity index (χ3n) is 3.86. The van der Waals surface area contributed by atoms with Crippen LogP contribution in [-0.4, -0.2) is 29.1 Å². The van der Waals surface area contributed by atoms with E-state index in [1.165, 1.54) is 12.1 Å². The van der Waals surface area contributed by atoms with Crippen molar-refractivity contribution in [3.8, 4) is 11.8 Å². The number of likely N-dealkylation sites (tertiary alicyclic amines) is 1. The Labute approximate surface area is 121 Å². The lowest BCUT2D eigenvalue weighted by Gasteiger charge is -2.29. The maximum atomic E-state index is 13.2. The Morgan fingerprint density at radius 3 is 2.90 bits per heavy atom. The molecule has 1 aliphatic rings. The Morgan fingerprint density at radius 1 is 1.43 bits per heavy atom. The van der Waals surface area contributed by atoms with Gasteiger partial charge in [-0.3, -0.25) is 4.79 Å². The number of amides is 1. The van der Waals surface area contributed by atoms with Gasteiger partial charge in [-0.15, -0.1) is 0 Å². The van der Waals surface area contributed by atoms with Gasteiger partial charge in [0.2, 0.25) is 0 Å². The molecule has 0 bridgehead atoms. The minimum absolute atomic E-state index is 0.122. The molecule has 21 heavy (non-hydrogen) atoms. The van der Waals surface area contributed by atoms with E-state index in [1.54, 1.807) is 17.9 Å². The Hall–Kier alpha value is -2.35. The highest BCUT2D eigenvalue weighted by molar-refractivity contribution is 5.93. The summed E-state index contributed by atoms with van der Waals surface area (Å²) >= 11 is 0. The number of carbonyl (C=O) groups excluding carboxylic acids is 1. The highest BCUT2D eigenvalue weighted by Gasteiger charge is 2.26. The van der Waals surface area contributed by atoms with Gasteiger partial charge in [-0.05, 0) is 37.8 Å². The van der Waals surface area contributed by atoms with Crippen LogP contribution in [0.3, 0.4) is 0 Å². The highest BCUT2D eigenvalue weighted by atomic mass is 19.1. The Kier molecular flexibility index (Phi) is 3.61. The van der Waals surface area contributed by atoms with Crippen LogP contribution in [0.15, 0.2) is 22.7 Å². The molecular weight excluding hydrogens is 271 g/mol. The summed E-state index contributed by atoms with van der Waals surface area (Å²) in [7, 11) is 0. The monoisotopic (exact) mass is 286 g/mol. The fourth-order valence-electron chi connectivity index (χ4n) is 2.77. The quantitative estimate of drug-likeness (QED) is 0.757. The van der Waals surface area contributed by atoms with Gasteiger partial charge in [-0.1, -0.05) is 11.1 Å². The van der Waals surface area contributed by atoms with E-state index in [9.17, 15) is 9.18 Å². The standard InChI is InChI=1S/C16H15FN2O2/c1-2-3-15(20)19-8-6-11(7-9-19)16-13-5-4-12(17)10-14(13)21-18-16/h4-5,10-11H,6-9H2,1H3. The number of halogens is 1. The predicted octanol–water partition coefficient (Wildman–Crippen LogP) is 2.70. The van der Waals surface area contributed by atoms with Gasteiger partial charge in [-0.2, -0.15) is 0 Å². The number of piperidine rings is 1. The number of nitrogens with zero attached hydrogens (tertiary/aromatic N) is 2. The van der Waals surface area contributed by atoms with Crippen LogP contribution in [0.25, 0.3) is 11.0 Å². The SMILES string of the molecule is CC#CC(=O)N1CCC(c2noc3cc(F)ccc23)CC1. The van der Waals surface area contributed by atoms with E-state index < -0.39 is 0 Å². The highest BCUT2D eigenvalue weighted by Crippen LogP contribution is 2.32. The smallest absolute Gasteiger partial charge is 0.298 e. The van der Waals surface area contributed by atoms with Crippen LogP contribution < -0.4 is 0 Å². The van der Waals surface area contributed by atoms with E-state index in [4.69, 9.17) is 4.52 Å². The van der Waals surface area contributed by atoms with Crippen molar-refractivity contribution >= 4 is 16.9 Å². The first-order valence-electron chi connectivity index (χ1n) is 6.95. The summed E-state index contributed by atoms with van der Waals surface area (Å²) < 4.78 is 18.4. The molecule has 1 aromatic carbocycles. The predicted molar refractivity (Wildman–Crippen MR) is 76.0 cm³/mol. The number of benzene rings is 1. The molecule has 0 unspecified atom stereocenters. The normalized spacial score (nSPS) is 15.8. The summed E-state index contributed by atoms with van der Waals surface area (Å²) in [5.74, 6) is 4.97. The van der Waals surface area contributed by atoms with Gasteiger partial charge in [0, 0.05) is 30.5 Å². The summed E-state index contributed by atoms with van der Waals surface area (Å²) in [6.45, 7) is 2.98. The molecule has 0 radical (unpaired) electrons. The van der Waals surface area contributed by atoms with Crippen molar-refractivity contribution in [2.24, 2.45) is 0 Å². The number of rotatable bonds is 1. The van der Waals surface area contributed by atoms with E-state index in [1.807, 2.05) is 0 Å². The van der Waals surface area contributed by atoms with E-state index >= 15 is 0 Å². The summed E-state index contributed by atoms with van der Waals surface area (Å²) in [6, 6.07) is 4.47. The average Bonchev–Trinajstić information content (AvgIpc) is 2.90. The second-order valence-electron chi connectivity index (χ2n) is 5.15. The molecular formula is C16H15FN2O2. The van der Waals surface area contributed by atoms with Gasteiger partial charge < -0.3 is 9.42 Å². The molecule has 0 spiro atoms. The summed E-state index contributed by atoms with van der Waals surface area (Å²) in [5, 5.41) is 4.95. The van der Waals surface area contributed by atoms with Gasteiger partial charge >= 0.3 is 0 Å². The number of aromatic nitrogens is 1. The molecule has 1 fully saturated rings. The van der Waals surface area contributed by atoms with Gasteiger partial charge in [-0.25, -0.2) is 4.39 Å². The topological polar surface area (TPSA) is 46.3 Å². The lowest BCUT2D eigenvalue weighted by atomic mass is 9.91. The molecule has 0 N–H and O–H groups in total. The molecule has 5 heteroatoms. The molecule has 0 aliphatic carbocycles. The van der Waals surface area contributed by atoms with Crippen LogP contribution in [0.2, 0.25) is 0 Å². The summed E-state index contributed by atoms with van der Waals surface area (Å²) in [5.41, 5.74) is 1.33. The minimum Gasteiger partial charge on any atom is -0.356 e. The molecule has 0 saturated carbocycles. The van der Waals surface area contributed by atoms with E-state index in [-0.39, 0.29) is 17.6 Å². The number of fused-ring (bicyclic) bond motifs is 1. The maximum Gasteiger partial charge on any atom is 0.298 e. The molecule has 1 amide bonds. The van der Waals surface area contributed by atoms with Crippen LogP contribution in [0.4, 0.5) is 4.39 Å². The van der Waals surface area contributed by atoms with Gasteiger partial charge in [0.25, 0.3) is 5.91 Å². The largest absolute Gasteiger partial charge is 0.356 e. The van der Waals surface area contributed by atoms with Gasteiger partial charge in [0.1, 0.15) is 5.82 Å². The first kappa shape index (κ1) is 13.6. The molecule has 1 aromatic heterocycles. The lowest BCUT2D eigenvalue weighted by molar-refractivity contribution is -0.126. The second kappa shape index (κ2) is 5.57.